The highest BCUT2D eigenvalue weighted by Crippen LogP contribution is 2.52. The Kier molecular flexibility index (Phi) is 3.73. The molecule has 1 fully saturated rings. The van der Waals surface area contributed by atoms with Crippen molar-refractivity contribution in [2.45, 2.75) is 39.8 Å². The number of hydrogen-bond acceptors (Lipinski definition) is 2. The molecule has 0 radical (unpaired) electrons. The molecular weight excluding hydrogens is 274 g/mol. The van der Waals surface area contributed by atoms with Gasteiger partial charge in [-0.25, -0.2) is 4.79 Å². The first kappa shape index (κ1) is 15.1. The van der Waals surface area contributed by atoms with Crippen molar-refractivity contribution < 1.29 is 4.79 Å². The molecule has 0 aliphatic heterocycles. The first-order valence-electron chi connectivity index (χ1n) is 6.74. The number of rotatable bonds is 2. The molecule has 5 heteroatoms. The molecule has 2 amide bonds. The van der Waals surface area contributed by atoms with Gasteiger partial charge >= 0.3 is 6.03 Å². The minimum atomic E-state index is -0.231. The van der Waals surface area contributed by atoms with Crippen LogP contribution in [0.1, 0.15) is 27.7 Å². The van der Waals surface area contributed by atoms with Crippen LogP contribution in [0.3, 0.4) is 0 Å². The Bertz CT molecular complexity index is 512. The van der Waals surface area contributed by atoms with Crippen molar-refractivity contribution in [1.29, 1.82) is 0 Å². The van der Waals surface area contributed by atoms with E-state index in [0.717, 1.165) is 0 Å². The van der Waals surface area contributed by atoms with Gasteiger partial charge in [0.2, 0.25) is 0 Å². The fourth-order valence-corrected chi connectivity index (χ4v) is 3.61. The summed E-state index contributed by atoms with van der Waals surface area (Å²) < 4.78 is 0. The van der Waals surface area contributed by atoms with Gasteiger partial charge in [-0.3, -0.25) is 0 Å². The van der Waals surface area contributed by atoms with E-state index in [0.29, 0.717) is 10.7 Å². The number of urea groups is 1. The molecule has 0 unspecified atom stereocenters. The summed E-state index contributed by atoms with van der Waals surface area (Å²) in [7, 11) is 0. The standard InChI is InChI=1S/C15H22ClN3O/c1-14(2)11(17)15(3,4)12(14)19-13(20)18-10-7-5-6-9(16)8-10/h5-8,11-12H,17H2,1-4H3,(H2,18,19,20). The molecule has 1 aromatic carbocycles. The van der Waals surface area contributed by atoms with Crippen molar-refractivity contribution in [3.8, 4) is 0 Å². The minimum absolute atomic E-state index is 0.0317. The third-order valence-corrected chi connectivity index (χ3v) is 4.68. The van der Waals surface area contributed by atoms with Gasteiger partial charge in [0.1, 0.15) is 0 Å². The van der Waals surface area contributed by atoms with Gasteiger partial charge in [0, 0.05) is 33.6 Å². The summed E-state index contributed by atoms with van der Waals surface area (Å²) in [4.78, 5) is 12.1. The molecule has 0 aromatic heterocycles. The number of anilines is 1. The van der Waals surface area contributed by atoms with Crippen LogP contribution in [-0.4, -0.2) is 18.1 Å². The molecule has 2 rings (SSSR count). The first-order chi connectivity index (χ1) is 9.15. The summed E-state index contributed by atoms with van der Waals surface area (Å²) in [5.41, 5.74) is 6.63. The second-order valence-corrected chi connectivity index (χ2v) is 7.10. The zero-order chi connectivity index (χ0) is 15.1. The van der Waals surface area contributed by atoms with Crippen molar-refractivity contribution in [2.24, 2.45) is 16.6 Å². The predicted octanol–water partition coefficient (Wildman–Crippen LogP) is 3.22. The van der Waals surface area contributed by atoms with Crippen LogP contribution in [0, 0.1) is 10.8 Å². The molecular formula is C15H22ClN3O. The number of hydrogen-bond donors (Lipinski definition) is 3. The largest absolute Gasteiger partial charge is 0.334 e. The van der Waals surface area contributed by atoms with Crippen molar-refractivity contribution in [3.05, 3.63) is 29.3 Å². The van der Waals surface area contributed by atoms with Crippen molar-refractivity contribution in [3.63, 3.8) is 0 Å². The number of nitrogens with one attached hydrogen (secondary N) is 2. The molecule has 0 bridgehead atoms. The van der Waals surface area contributed by atoms with Gasteiger partial charge in [-0.1, -0.05) is 45.4 Å². The number of carbonyl (C=O) groups is 1. The van der Waals surface area contributed by atoms with E-state index < -0.39 is 0 Å². The van der Waals surface area contributed by atoms with E-state index >= 15 is 0 Å². The molecule has 4 N–H and O–H groups in total. The average molecular weight is 296 g/mol. The highest BCUT2D eigenvalue weighted by molar-refractivity contribution is 6.30. The van der Waals surface area contributed by atoms with Crippen LogP contribution >= 0.6 is 11.6 Å². The van der Waals surface area contributed by atoms with Gasteiger partial charge in [-0.2, -0.15) is 0 Å². The summed E-state index contributed by atoms with van der Waals surface area (Å²) in [5, 5.41) is 6.41. The maximum Gasteiger partial charge on any atom is 0.319 e. The maximum atomic E-state index is 12.1. The lowest BCUT2D eigenvalue weighted by atomic mass is 9.48. The zero-order valence-corrected chi connectivity index (χ0v) is 13.1. The Labute approximate surface area is 125 Å². The van der Waals surface area contributed by atoms with Gasteiger partial charge in [0.25, 0.3) is 0 Å². The predicted molar refractivity (Wildman–Crippen MR) is 82.9 cm³/mol. The Balaban J connectivity index is 2.02. The maximum absolute atomic E-state index is 12.1. The summed E-state index contributed by atoms with van der Waals surface area (Å²) in [6.45, 7) is 8.31. The van der Waals surface area contributed by atoms with Gasteiger partial charge in [0.05, 0.1) is 0 Å². The summed E-state index contributed by atoms with van der Waals surface area (Å²) in [6, 6.07) is 6.94. The summed E-state index contributed by atoms with van der Waals surface area (Å²) >= 11 is 5.89. The molecule has 1 saturated carbocycles. The van der Waals surface area contributed by atoms with E-state index in [1.807, 2.05) is 0 Å². The van der Waals surface area contributed by atoms with Gasteiger partial charge < -0.3 is 16.4 Å². The monoisotopic (exact) mass is 295 g/mol. The van der Waals surface area contributed by atoms with Crippen LogP contribution in [0.25, 0.3) is 0 Å². The Morgan fingerprint density at radius 1 is 1.25 bits per heavy atom. The molecule has 0 heterocycles. The number of halogens is 1. The summed E-state index contributed by atoms with van der Waals surface area (Å²) in [5.74, 6) is 0. The average Bonchev–Trinajstić information content (AvgIpc) is 2.34. The number of amides is 2. The van der Waals surface area contributed by atoms with Crippen LogP contribution in [0.15, 0.2) is 24.3 Å². The Hall–Kier alpha value is -1.26. The van der Waals surface area contributed by atoms with Gasteiger partial charge in [0.15, 0.2) is 0 Å². The third-order valence-electron chi connectivity index (χ3n) is 4.45. The van der Waals surface area contributed by atoms with Gasteiger partial charge in [-0.15, -0.1) is 0 Å². The number of carbonyl (C=O) groups excluding carboxylic acids is 1. The van der Waals surface area contributed by atoms with Crippen molar-refractivity contribution in [1.82, 2.24) is 5.32 Å². The molecule has 20 heavy (non-hydrogen) atoms. The second kappa shape index (κ2) is 4.93. The van der Waals surface area contributed by atoms with Crippen LogP contribution < -0.4 is 16.4 Å². The van der Waals surface area contributed by atoms with E-state index in [1.165, 1.54) is 0 Å². The lowest BCUT2D eigenvalue weighted by Crippen LogP contribution is -2.76. The molecule has 0 spiro atoms. The highest BCUT2D eigenvalue weighted by atomic mass is 35.5. The first-order valence-corrected chi connectivity index (χ1v) is 7.12. The van der Waals surface area contributed by atoms with E-state index in [9.17, 15) is 4.79 Å². The number of benzene rings is 1. The molecule has 110 valence electrons. The third kappa shape index (κ3) is 2.50. The topological polar surface area (TPSA) is 67.1 Å². The molecule has 1 aromatic rings. The fourth-order valence-electron chi connectivity index (χ4n) is 3.42. The SMILES string of the molecule is CC1(C)C(N)C(C)(C)C1NC(=O)Nc1cccc(Cl)c1. The molecule has 4 nitrogen and oxygen atoms in total. The van der Waals surface area contributed by atoms with E-state index in [-0.39, 0.29) is 28.9 Å². The van der Waals surface area contributed by atoms with Gasteiger partial charge in [-0.05, 0) is 18.2 Å². The van der Waals surface area contributed by atoms with Crippen LogP contribution in [0.5, 0.6) is 0 Å². The normalized spacial score (nSPS) is 26.5. The molecule has 0 atom stereocenters. The van der Waals surface area contributed by atoms with E-state index in [2.05, 4.69) is 38.3 Å². The summed E-state index contributed by atoms with van der Waals surface area (Å²) in [6.07, 6.45) is 0. The lowest BCUT2D eigenvalue weighted by molar-refractivity contribution is -0.0638. The highest BCUT2D eigenvalue weighted by Gasteiger charge is 2.60. The Morgan fingerprint density at radius 3 is 2.40 bits per heavy atom. The zero-order valence-electron chi connectivity index (χ0n) is 12.3. The quantitative estimate of drug-likeness (QED) is 0.784. The molecule has 1 aliphatic rings. The molecule has 1 aliphatic carbocycles. The molecule has 0 saturated heterocycles. The number of nitrogens with two attached hydrogens (primary N) is 1. The Morgan fingerprint density at radius 2 is 1.85 bits per heavy atom. The van der Waals surface area contributed by atoms with Crippen LogP contribution in [0.2, 0.25) is 5.02 Å². The van der Waals surface area contributed by atoms with E-state index in [4.69, 9.17) is 17.3 Å². The van der Waals surface area contributed by atoms with Crippen LogP contribution in [0.4, 0.5) is 10.5 Å². The fraction of sp³-hybridized carbons (Fsp3) is 0.533. The van der Waals surface area contributed by atoms with Crippen LogP contribution in [-0.2, 0) is 0 Å². The smallest absolute Gasteiger partial charge is 0.319 e. The lowest BCUT2D eigenvalue weighted by Gasteiger charge is -2.62. The van der Waals surface area contributed by atoms with Crippen molar-refractivity contribution in [2.75, 3.05) is 5.32 Å². The second-order valence-electron chi connectivity index (χ2n) is 6.66. The minimum Gasteiger partial charge on any atom is -0.334 e. The van der Waals surface area contributed by atoms with E-state index in [1.54, 1.807) is 24.3 Å². The van der Waals surface area contributed by atoms with Crippen molar-refractivity contribution >= 4 is 23.3 Å².